The first-order valence-corrected chi connectivity index (χ1v) is 7.50. The maximum atomic E-state index is 5.44. The Kier molecular flexibility index (Phi) is 3.61. The van der Waals surface area contributed by atoms with Crippen LogP contribution >= 0.6 is 11.3 Å². The van der Waals surface area contributed by atoms with E-state index in [2.05, 4.69) is 34.0 Å². The van der Waals surface area contributed by atoms with Gasteiger partial charge in [-0.15, -0.1) is 11.3 Å². The van der Waals surface area contributed by atoms with E-state index in [9.17, 15) is 0 Å². The molecule has 3 rings (SSSR count). The van der Waals surface area contributed by atoms with Gasteiger partial charge in [-0.2, -0.15) is 4.98 Å². The monoisotopic (exact) mass is 278 g/mol. The summed E-state index contributed by atoms with van der Waals surface area (Å²) in [6.07, 6.45) is 4.77. The van der Waals surface area contributed by atoms with Gasteiger partial charge in [-0.25, -0.2) is 0 Å². The van der Waals surface area contributed by atoms with Crippen LogP contribution in [0.4, 0.5) is 0 Å². The molecule has 1 aliphatic rings. The van der Waals surface area contributed by atoms with Gasteiger partial charge in [-0.05, 0) is 33.4 Å². The van der Waals surface area contributed by atoms with E-state index in [4.69, 9.17) is 4.52 Å². The number of hydrogen-bond donors (Lipinski definition) is 0. The predicted molar refractivity (Wildman–Crippen MR) is 73.3 cm³/mol. The lowest BCUT2D eigenvalue weighted by Crippen LogP contribution is -2.37. The Balaban J connectivity index is 1.67. The summed E-state index contributed by atoms with van der Waals surface area (Å²) in [5, 5.41) is 4.09. The van der Waals surface area contributed by atoms with Crippen molar-refractivity contribution in [1.29, 1.82) is 0 Å². The maximum absolute atomic E-state index is 5.44. The second kappa shape index (κ2) is 5.38. The Hall–Kier alpha value is -1.27. The minimum absolute atomic E-state index is 0.411. The maximum Gasteiger partial charge on any atom is 0.229 e. The van der Waals surface area contributed by atoms with Gasteiger partial charge in [-0.1, -0.05) is 5.16 Å². The van der Waals surface area contributed by atoms with Gasteiger partial charge in [0, 0.05) is 29.5 Å². The number of piperidine rings is 1. The molecule has 1 fully saturated rings. The zero-order valence-electron chi connectivity index (χ0n) is 11.2. The molecule has 1 aliphatic heterocycles. The van der Waals surface area contributed by atoms with E-state index in [0.29, 0.717) is 12.0 Å². The lowest BCUT2D eigenvalue weighted by atomic mass is 9.92. The molecule has 0 amide bonds. The van der Waals surface area contributed by atoms with Gasteiger partial charge in [-0.3, -0.25) is 4.98 Å². The number of thiazole rings is 1. The summed E-state index contributed by atoms with van der Waals surface area (Å²) in [5.74, 6) is 1.99. The molecule has 3 heterocycles. The SMILES string of the molecule is C[C@H]1C[C@@H](c2nc(Cc3cncs3)no2)CCN1C. The number of hydrogen-bond acceptors (Lipinski definition) is 6. The topological polar surface area (TPSA) is 55.1 Å². The molecule has 0 saturated carbocycles. The first-order chi connectivity index (χ1) is 9.22. The number of aromatic nitrogens is 3. The molecule has 0 unspecified atom stereocenters. The summed E-state index contributed by atoms with van der Waals surface area (Å²) in [7, 11) is 2.17. The molecule has 0 aliphatic carbocycles. The van der Waals surface area contributed by atoms with Crippen molar-refractivity contribution < 1.29 is 4.52 Å². The minimum Gasteiger partial charge on any atom is -0.339 e. The molecule has 1 saturated heterocycles. The molecule has 0 spiro atoms. The molecule has 0 aromatic carbocycles. The van der Waals surface area contributed by atoms with Crippen LogP contribution < -0.4 is 0 Å². The fourth-order valence-corrected chi connectivity index (χ4v) is 3.10. The third-order valence-corrected chi connectivity index (χ3v) is 4.64. The molecule has 19 heavy (non-hydrogen) atoms. The van der Waals surface area contributed by atoms with Crippen LogP contribution in [0.5, 0.6) is 0 Å². The molecule has 102 valence electrons. The lowest BCUT2D eigenvalue weighted by Gasteiger charge is -2.33. The van der Waals surface area contributed by atoms with Gasteiger partial charge in [0.15, 0.2) is 5.82 Å². The van der Waals surface area contributed by atoms with E-state index in [1.807, 2.05) is 11.7 Å². The number of rotatable bonds is 3. The summed E-state index contributed by atoms with van der Waals surface area (Å²) >= 11 is 1.62. The van der Waals surface area contributed by atoms with Crippen LogP contribution in [0.15, 0.2) is 16.2 Å². The smallest absolute Gasteiger partial charge is 0.229 e. The quantitative estimate of drug-likeness (QED) is 0.862. The van der Waals surface area contributed by atoms with Crippen LogP contribution in [-0.2, 0) is 6.42 Å². The van der Waals surface area contributed by atoms with Gasteiger partial charge < -0.3 is 9.42 Å². The van der Waals surface area contributed by atoms with Crippen molar-refractivity contribution in [2.45, 2.75) is 38.1 Å². The van der Waals surface area contributed by atoms with Crippen molar-refractivity contribution in [2.24, 2.45) is 0 Å². The summed E-state index contributed by atoms with van der Waals surface area (Å²) in [4.78, 5) is 12.2. The second-order valence-corrected chi connectivity index (χ2v) is 6.22. The summed E-state index contributed by atoms with van der Waals surface area (Å²) in [6.45, 7) is 3.35. The molecular weight excluding hydrogens is 260 g/mol. The first-order valence-electron chi connectivity index (χ1n) is 6.62. The van der Waals surface area contributed by atoms with Crippen LogP contribution in [0, 0.1) is 0 Å². The van der Waals surface area contributed by atoms with Gasteiger partial charge in [0.2, 0.25) is 5.89 Å². The number of likely N-dealkylation sites (tertiary alicyclic amines) is 1. The highest BCUT2D eigenvalue weighted by Crippen LogP contribution is 2.29. The first kappa shape index (κ1) is 12.7. The molecule has 2 atom stereocenters. The van der Waals surface area contributed by atoms with Crippen molar-refractivity contribution >= 4 is 11.3 Å². The average Bonchev–Trinajstić information content (AvgIpc) is 3.05. The Morgan fingerprint density at radius 3 is 3.16 bits per heavy atom. The largest absolute Gasteiger partial charge is 0.339 e. The van der Waals surface area contributed by atoms with Crippen molar-refractivity contribution in [3.8, 4) is 0 Å². The average molecular weight is 278 g/mol. The molecular formula is C13H18N4OS. The zero-order valence-corrected chi connectivity index (χ0v) is 12.1. The van der Waals surface area contributed by atoms with Crippen molar-refractivity contribution in [2.75, 3.05) is 13.6 Å². The third kappa shape index (κ3) is 2.84. The van der Waals surface area contributed by atoms with Crippen molar-refractivity contribution in [3.63, 3.8) is 0 Å². The third-order valence-electron chi connectivity index (χ3n) is 3.86. The lowest BCUT2D eigenvalue weighted by molar-refractivity contribution is 0.166. The fraction of sp³-hybridized carbons (Fsp3) is 0.615. The molecule has 0 bridgehead atoms. The van der Waals surface area contributed by atoms with Crippen LogP contribution in [0.2, 0.25) is 0 Å². The minimum atomic E-state index is 0.411. The summed E-state index contributed by atoms with van der Waals surface area (Å²) in [6, 6.07) is 0.579. The standard InChI is InChI=1S/C13H18N4OS/c1-9-5-10(3-4-17(9)2)13-15-12(16-18-13)6-11-7-14-8-19-11/h7-10H,3-6H2,1-2H3/t9-,10-/m0/s1. The van der Waals surface area contributed by atoms with Crippen LogP contribution in [0.3, 0.4) is 0 Å². The van der Waals surface area contributed by atoms with Crippen molar-refractivity contribution in [3.05, 3.63) is 28.3 Å². The summed E-state index contributed by atoms with van der Waals surface area (Å²) in [5.41, 5.74) is 1.83. The van der Waals surface area contributed by atoms with Gasteiger partial charge in [0.1, 0.15) is 0 Å². The Labute approximate surface area is 116 Å². The van der Waals surface area contributed by atoms with Crippen LogP contribution in [0.25, 0.3) is 0 Å². The Morgan fingerprint density at radius 2 is 2.42 bits per heavy atom. The van der Waals surface area contributed by atoms with Gasteiger partial charge in [0.05, 0.1) is 5.51 Å². The Bertz CT molecular complexity index is 524. The predicted octanol–water partition coefficient (Wildman–Crippen LogP) is 2.31. The van der Waals surface area contributed by atoms with E-state index < -0.39 is 0 Å². The zero-order chi connectivity index (χ0) is 13.2. The highest BCUT2D eigenvalue weighted by Gasteiger charge is 2.27. The molecule has 2 aromatic rings. The fourth-order valence-electron chi connectivity index (χ4n) is 2.50. The van der Waals surface area contributed by atoms with E-state index >= 15 is 0 Å². The van der Waals surface area contributed by atoms with Gasteiger partial charge in [0.25, 0.3) is 0 Å². The molecule has 5 nitrogen and oxygen atoms in total. The second-order valence-electron chi connectivity index (χ2n) is 5.24. The normalized spacial score (nSPS) is 24.7. The molecule has 2 aromatic heterocycles. The van der Waals surface area contributed by atoms with E-state index in [1.54, 1.807) is 11.3 Å². The van der Waals surface area contributed by atoms with Crippen LogP contribution in [0.1, 0.15) is 42.3 Å². The number of nitrogens with zero attached hydrogens (tertiary/aromatic N) is 4. The van der Waals surface area contributed by atoms with Crippen LogP contribution in [-0.4, -0.2) is 39.7 Å². The summed E-state index contributed by atoms with van der Waals surface area (Å²) < 4.78 is 5.44. The Morgan fingerprint density at radius 1 is 1.53 bits per heavy atom. The van der Waals surface area contributed by atoms with E-state index in [1.165, 1.54) is 4.88 Å². The highest BCUT2D eigenvalue weighted by molar-refractivity contribution is 7.09. The van der Waals surface area contributed by atoms with E-state index in [0.717, 1.165) is 37.5 Å². The molecule has 6 heteroatoms. The van der Waals surface area contributed by atoms with E-state index in [-0.39, 0.29) is 0 Å². The van der Waals surface area contributed by atoms with Crippen molar-refractivity contribution in [1.82, 2.24) is 20.0 Å². The van der Waals surface area contributed by atoms with Gasteiger partial charge >= 0.3 is 0 Å². The molecule has 0 N–H and O–H groups in total. The molecule has 0 radical (unpaired) electrons. The highest BCUT2D eigenvalue weighted by atomic mass is 32.1.